The molecule has 3 aromatic rings. The molecule has 1 aliphatic carbocycles. The SMILES string of the molecule is O=C(NCc1ccccc1)C(=O)C(C[C@@H]1CCNC1=O)NC(=O)[C@@H]1[C@H]2CCC[C@H]2CN1C(=O)c1nc2ccccc2[nH]1. The molecule has 3 fully saturated rings. The van der Waals surface area contributed by atoms with E-state index in [9.17, 15) is 24.0 Å². The minimum absolute atomic E-state index is 0.00744. The molecule has 1 aromatic heterocycles. The van der Waals surface area contributed by atoms with E-state index < -0.39 is 35.6 Å². The first-order valence-corrected chi connectivity index (χ1v) is 14.6. The summed E-state index contributed by atoms with van der Waals surface area (Å²) in [7, 11) is 0. The number of fused-ring (bicyclic) bond motifs is 2. The summed E-state index contributed by atoms with van der Waals surface area (Å²) in [6, 6.07) is 14.5. The number of carbonyl (C=O) groups excluding carboxylic acids is 5. The minimum Gasteiger partial charge on any atom is -0.356 e. The second-order valence-electron chi connectivity index (χ2n) is 11.5. The number of Topliss-reactive ketones (excluding diaryl/α,β-unsaturated/α-hetero) is 1. The topological polar surface area (TPSA) is 153 Å². The standard InChI is InChI=1S/C31H34N6O5/c38-26(30(41)33-16-18-7-2-1-3-8-18)24(15-19-13-14-32-28(19)39)36-29(40)25-21-10-6-9-20(21)17-37(25)31(42)27-34-22-11-4-5-12-23(22)35-27/h1-5,7-8,11-12,19-21,24-25H,6,9-10,13-17H2,(H,32,39)(H,33,41)(H,34,35)(H,36,40)/t19-,20-,21-,24?,25-/m0/s1. The quantitative estimate of drug-likeness (QED) is 0.287. The number of nitrogens with one attached hydrogen (secondary N) is 4. The molecule has 2 aromatic carbocycles. The number of hydrogen-bond acceptors (Lipinski definition) is 6. The fourth-order valence-electron chi connectivity index (χ4n) is 6.71. The Labute approximate surface area is 242 Å². The van der Waals surface area contributed by atoms with Gasteiger partial charge < -0.3 is 25.8 Å². The molecular formula is C31H34N6O5. The van der Waals surface area contributed by atoms with E-state index in [1.165, 1.54) is 0 Å². The summed E-state index contributed by atoms with van der Waals surface area (Å²) in [4.78, 5) is 75.5. The van der Waals surface area contributed by atoms with Crippen LogP contribution in [0.2, 0.25) is 0 Å². The highest BCUT2D eigenvalue weighted by molar-refractivity contribution is 6.38. The Morgan fingerprint density at radius 3 is 2.55 bits per heavy atom. The maximum Gasteiger partial charge on any atom is 0.290 e. The van der Waals surface area contributed by atoms with E-state index in [1.807, 2.05) is 54.6 Å². The number of carbonyl (C=O) groups is 5. The van der Waals surface area contributed by atoms with Gasteiger partial charge in [-0.05, 0) is 55.2 Å². The van der Waals surface area contributed by atoms with Crippen LogP contribution in [0.5, 0.6) is 0 Å². The number of aromatic nitrogens is 2. The van der Waals surface area contributed by atoms with Crippen LogP contribution in [0.15, 0.2) is 54.6 Å². The Balaban J connectivity index is 1.22. The molecule has 0 radical (unpaired) electrons. The van der Waals surface area contributed by atoms with Gasteiger partial charge in [0.1, 0.15) is 6.04 Å². The summed E-state index contributed by atoms with van der Waals surface area (Å²) in [5, 5.41) is 8.20. The van der Waals surface area contributed by atoms with Crippen LogP contribution in [-0.4, -0.2) is 69.5 Å². The molecule has 218 valence electrons. The molecule has 1 saturated carbocycles. The first-order chi connectivity index (χ1) is 20.4. The molecule has 2 aliphatic heterocycles. The summed E-state index contributed by atoms with van der Waals surface area (Å²) in [5.41, 5.74) is 2.21. The van der Waals surface area contributed by atoms with Crippen molar-refractivity contribution in [3.05, 3.63) is 66.0 Å². The number of amides is 4. The van der Waals surface area contributed by atoms with Crippen molar-refractivity contribution in [3.63, 3.8) is 0 Å². The predicted molar refractivity (Wildman–Crippen MR) is 153 cm³/mol. The highest BCUT2D eigenvalue weighted by Gasteiger charge is 2.50. The Bertz CT molecular complexity index is 1490. The van der Waals surface area contributed by atoms with Gasteiger partial charge in [0.15, 0.2) is 5.82 Å². The van der Waals surface area contributed by atoms with E-state index in [0.29, 0.717) is 25.0 Å². The van der Waals surface area contributed by atoms with Gasteiger partial charge in [-0.3, -0.25) is 24.0 Å². The number of para-hydroxylation sites is 2. The van der Waals surface area contributed by atoms with E-state index in [4.69, 9.17) is 0 Å². The number of rotatable bonds is 9. The Hall–Kier alpha value is -4.54. The summed E-state index contributed by atoms with van der Waals surface area (Å²) >= 11 is 0. The number of imidazole rings is 1. The molecular weight excluding hydrogens is 536 g/mol. The van der Waals surface area contributed by atoms with Crippen molar-refractivity contribution in [1.82, 2.24) is 30.8 Å². The van der Waals surface area contributed by atoms with Crippen molar-refractivity contribution in [2.24, 2.45) is 17.8 Å². The molecule has 42 heavy (non-hydrogen) atoms. The molecule has 11 nitrogen and oxygen atoms in total. The smallest absolute Gasteiger partial charge is 0.290 e. The molecule has 4 amide bonds. The van der Waals surface area contributed by atoms with Gasteiger partial charge in [-0.15, -0.1) is 0 Å². The average molecular weight is 571 g/mol. The fourth-order valence-corrected chi connectivity index (χ4v) is 6.71. The Morgan fingerprint density at radius 2 is 1.79 bits per heavy atom. The van der Waals surface area contributed by atoms with Crippen molar-refractivity contribution in [2.75, 3.05) is 13.1 Å². The van der Waals surface area contributed by atoms with Gasteiger partial charge in [-0.2, -0.15) is 0 Å². The van der Waals surface area contributed by atoms with Crippen molar-refractivity contribution in [1.29, 1.82) is 0 Å². The van der Waals surface area contributed by atoms with Crippen LogP contribution in [0.4, 0.5) is 0 Å². The largest absolute Gasteiger partial charge is 0.356 e. The van der Waals surface area contributed by atoms with E-state index >= 15 is 0 Å². The third-order valence-corrected chi connectivity index (χ3v) is 8.85. The normalized spacial score (nSPS) is 23.8. The number of nitrogens with zero attached hydrogens (tertiary/aromatic N) is 2. The van der Waals surface area contributed by atoms with Crippen LogP contribution >= 0.6 is 0 Å². The van der Waals surface area contributed by atoms with Gasteiger partial charge in [0.2, 0.25) is 17.6 Å². The summed E-state index contributed by atoms with van der Waals surface area (Å²) in [6.07, 6.45) is 3.17. The van der Waals surface area contributed by atoms with Gasteiger partial charge in [-0.25, -0.2) is 4.98 Å². The molecule has 4 N–H and O–H groups in total. The lowest BCUT2D eigenvalue weighted by atomic mass is 9.91. The summed E-state index contributed by atoms with van der Waals surface area (Å²) < 4.78 is 0. The molecule has 0 bridgehead atoms. The van der Waals surface area contributed by atoms with Crippen molar-refractivity contribution in [3.8, 4) is 0 Å². The maximum atomic E-state index is 14.0. The second kappa shape index (κ2) is 11.8. The molecule has 6 rings (SSSR count). The van der Waals surface area contributed by atoms with E-state index in [2.05, 4.69) is 25.9 Å². The highest BCUT2D eigenvalue weighted by atomic mass is 16.2. The molecule has 5 atom stereocenters. The third-order valence-electron chi connectivity index (χ3n) is 8.85. The van der Waals surface area contributed by atoms with Gasteiger partial charge in [0.05, 0.1) is 17.1 Å². The second-order valence-corrected chi connectivity index (χ2v) is 11.5. The molecule has 2 saturated heterocycles. The third kappa shape index (κ3) is 5.50. The zero-order valence-electron chi connectivity index (χ0n) is 23.2. The average Bonchev–Trinajstić information content (AvgIpc) is 3.79. The minimum atomic E-state index is -1.20. The molecule has 1 unspecified atom stereocenters. The number of hydrogen-bond donors (Lipinski definition) is 4. The van der Waals surface area contributed by atoms with Crippen LogP contribution in [0.1, 0.15) is 48.3 Å². The molecule has 11 heteroatoms. The van der Waals surface area contributed by atoms with Crippen LogP contribution < -0.4 is 16.0 Å². The lowest BCUT2D eigenvalue weighted by Crippen LogP contribution is -2.55. The lowest BCUT2D eigenvalue weighted by Gasteiger charge is -2.28. The Kier molecular flexibility index (Phi) is 7.73. The van der Waals surface area contributed by atoms with Gasteiger partial charge in [0, 0.05) is 25.6 Å². The van der Waals surface area contributed by atoms with E-state index in [1.54, 1.807) is 4.90 Å². The number of H-pyrrole nitrogens is 1. The summed E-state index contributed by atoms with van der Waals surface area (Å²) in [6.45, 7) is 1.05. The number of aromatic amines is 1. The molecule has 3 aliphatic rings. The van der Waals surface area contributed by atoms with Crippen LogP contribution in [-0.2, 0) is 25.7 Å². The van der Waals surface area contributed by atoms with Gasteiger partial charge >= 0.3 is 0 Å². The number of ketones is 1. The van der Waals surface area contributed by atoms with E-state index in [0.717, 1.165) is 30.3 Å². The van der Waals surface area contributed by atoms with Crippen molar-refractivity contribution < 1.29 is 24.0 Å². The van der Waals surface area contributed by atoms with Crippen LogP contribution in [0.25, 0.3) is 11.0 Å². The highest BCUT2D eigenvalue weighted by Crippen LogP contribution is 2.42. The van der Waals surface area contributed by atoms with Gasteiger partial charge in [0.25, 0.3) is 11.8 Å². The maximum absolute atomic E-state index is 14.0. The molecule has 3 heterocycles. The number of likely N-dealkylation sites (tertiary alicyclic amines) is 1. The zero-order valence-corrected chi connectivity index (χ0v) is 23.2. The predicted octanol–water partition coefficient (Wildman–Crippen LogP) is 1.70. The first kappa shape index (κ1) is 27.6. The van der Waals surface area contributed by atoms with E-state index in [-0.39, 0.29) is 42.4 Å². The Morgan fingerprint density at radius 1 is 1.00 bits per heavy atom. The monoisotopic (exact) mass is 570 g/mol. The van der Waals surface area contributed by atoms with Crippen LogP contribution in [0.3, 0.4) is 0 Å². The molecule has 0 spiro atoms. The summed E-state index contributed by atoms with van der Waals surface area (Å²) in [5.74, 6) is -2.94. The lowest BCUT2D eigenvalue weighted by molar-refractivity contribution is -0.141. The zero-order chi connectivity index (χ0) is 29.2. The number of benzene rings is 2. The first-order valence-electron chi connectivity index (χ1n) is 14.6. The van der Waals surface area contributed by atoms with Gasteiger partial charge in [-0.1, -0.05) is 48.9 Å². The fraction of sp³-hybridized carbons (Fsp3) is 0.419. The van der Waals surface area contributed by atoms with Crippen molar-refractivity contribution >= 4 is 40.4 Å². The van der Waals surface area contributed by atoms with Crippen molar-refractivity contribution in [2.45, 2.75) is 50.7 Å². The van der Waals surface area contributed by atoms with Crippen LogP contribution in [0, 0.1) is 17.8 Å².